The van der Waals surface area contributed by atoms with Crippen LogP contribution in [0.4, 0.5) is 0 Å². The molecule has 0 aliphatic heterocycles. The quantitative estimate of drug-likeness (QED) is 0.586. The van der Waals surface area contributed by atoms with E-state index in [1.807, 2.05) is 12.7 Å². The number of halogens is 1. The zero-order chi connectivity index (χ0) is 7.40. The van der Waals surface area contributed by atoms with Crippen molar-refractivity contribution in [3.8, 4) is 0 Å². The van der Waals surface area contributed by atoms with Crippen molar-refractivity contribution in [3.05, 3.63) is 24.0 Å². The smallest absolute Gasteiger partial charge is 0.179 e. The molecule has 0 aromatic heterocycles. The molecule has 1 aliphatic rings. The van der Waals surface area contributed by atoms with Crippen molar-refractivity contribution >= 4 is 18.7 Å². The largest absolute Gasteiger partial charge is 0.458 e. The molecule has 1 rings (SSSR count). The lowest BCUT2D eigenvalue weighted by Crippen LogP contribution is -1.84. The molecule has 0 amide bonds. The van der Waals surface area contributed by atoms with Gasteiger partial charge in [0.2, 0.25) is 0 Å². The third-order valence-electron chi connectivity index (χ3n) is 1.19. The monoisotopic (exact) mass is 176 g/mol. The average Bonchev–Trinajstić information content (AvgIpc) is 1.88. The molecule has 0 N–H and O–H groups in total. The minimum absolute atomic E-state index is 0.771. The minimum atomic E-state index is -0.771. The molecule has 0 saturated heterocycles. The van der Waals surface area contributed by atoms with Crippen LogP contribution in [0.15, 0.2) is 24.0 Å². The Labute approximate surface area is 67.3 Å². The summed E-state index contributed by atoms with van der Waals surface area (Å²) in [6.07, 6.45) is 8.35. The first-order valence-electron chi connectivity index (χ1n) is 3.23. The molecule has 0 heterocycles. The van der Waals surface area contributed by atoms with Gasteiger partial charge in [0, 0.05) is 6.66 Å². The normalized spacial score (nSPS) is 20.0. The number of allylic oxidation sites excluding steroid dienone is 3. The van der Waals surface area contributed by atoms with Crippen LogP contribution in [0.1, 0.15) is 12.8 Å². The van der Waals surface area contributed by atoms with Crippen LogP contribution >= 0.6 is 18.7 Å². The van der Waals surface area contributed by atoms with E-state index in [0.717, 1.165) is 18.6 Å². The van der Waals surface area contributed by atoms with E-state index in [-0.39, 0.29) is 0 Å². The van der Waals surface area contributed by atoms with E-state index in [1.54, 1.807) is 0 Å². The maximum atomic E-state index is 5.68. The molecule has 1 nitrogen and oxygen atoms in total. The molecule has 0 aromatic rings. The fraction of sp³-hybridized carbons (Fsp3) is 0.429. The van der Waals surface area contributed by atoms with Gasteiger partial charge in [-0.3, -0.25) is 0 Å². The predicted octanol–water partition coefficient (Wildman–Crippen LogP) is 3.42. The standard InChI is InChI=1S/C7H10ClOP/c1-10(8)9-7-5-3-2-4-6-7/h3,5-6H,2,4H2,1H3. The third kappa shape index (κ3) is 2.72. The summed E-state index contributed by atoms with van der Waals surface area (Å²) in [6.45, 7) is 1.88. The summed E-state index contributed by atoms with van der Waals surface area (Å²) in [5.41, 5.74) is 0. The molecule has 0 spiro atoms. The highest BCUT2D eigenvalue weighted by molar-refractivity contribution is 7.79. The molecule has 10 heavy (non-hydrogen) atoms. The Morgan fingerprint density at radius 3 is 2.90 bits per heavy atom. The van der Waals surface area contributed by atoms with E-state index in [0.29, 0.717) is 0 Å². The van der Waals surface area contributed by atoms with Gasteiger partial charge in [-0.15, -0.1) is 0 Å². The van der Waals surface area contributed by atoms with Crippen LogP contribution in [0.25, 0.3) is 0 Å². The van der Waals surface area contributed by atoms with Crippen molar-refractivity contribution in [3.63, 3.8) is 0 Å². The lowest BCUT2D eigenvalue weighted by atomic mass is 10.2. The fourth-order valence-corrected chi connectivity index (χ4v) is 1.47. The van der Waals surface area contributed by atoms with Crippen LogP contribution in [0.3, 0.4) is 0 Å². The summed E-state index contributed by atoms with van der Waals surface area (Å²) in [5.74, 6) is 0.926. The van der Waals surface area contributed by atoms with Crippen molar-refractivity contribution < 1.29 is 4.52 Å². The second kappa shape index (κ2) is 4.00. The molecule has 0 fully saturated rings. The average molecular weight is 177 g/mol. The second-order valence-electron chi connectivity index (χ2n) is 2.10. The van der Waals surface area contributed by atoms with Crippen LogP contribution < -0.4 is 0 Å². The molecule has 56 valence electrons. The summed E-state index contributed by atoms with van der Waals surface area (Å²) in [4.78, 5) is 0. The van der Waals surface area contributed by atoms with E-state index in [2.05, 4.69) is 12.2 Å². The Morgan fingerprint density at radius 1 is 1.60 bits per heavy atom. The van der Waals surface area contributed by atoms with Crippen LogP contribution in [0.5, 0.6) is 0 Å². The number of hydrogen-bond acceptors (Lipinski definition) is 1. The SMILES string of the molecule is CP(Cl)OC1=CCCC=C1. The van der Waals surface area contributed by atoms with Gasteiger partial charge in [0.15, 0.2) is 7.50 Å². The Kier molecular flexibility index (Phi) is 3.24. The molecular weight excluding hydrogens is 167 g/mol. The zero-order valence-electron chi connectivity index (χ0n) is 5.88. The van der Waals surface area contributed by atoms with Crippen molar-refractivity contribution in [1.29, 1.82) is 0 Å². The summed E-state index contributed by atoms with van der Waals surface area (Å²) >= 11 is 5.68. The lowest BCUT2D eigenvalue weighted by molar-refractivity contribution is 0.499. The Hall–Kier alpha value is 0. The Morgan fingerprint density at radius 2 is 2.40 bits per heavy atom. The van der Waals surface area contributed by atoms with Gasteiger partial charge in [0.05, 0.1) is 0 Å². The van der Waals surface area contributed by atoms with E-state index in [1.165, 1.54) is 0 Å². The van der Waals surface area contributed by atoms with Crippen molar-refractivity contribution in [2.75, 3.05) is 6.66 Å². The summed E-state index contributed by atoms with van der Waals surface area (Å²) in [5, 5.41) is 0. The van der Waals surface area contributed by atoms with Crippen molar-refractivity contribution in [2.24, 2.45) is 0 Å². The van der Waals surface area contributed by atoms with Gasteiger partial charge < -0.3 is 4.52 Å². The minimum Gasteiger partial charge on any atom is -0.458 e. The lowest BCUT2D eigenvalue weighted by Gasteiger charge is -2.09. The maximum Gasteiger partial charge on any atom is 0.179 e. The van der Waals surface area contributed by atoms with Crippen LogP contribution in [0.2, 0.25) is 0 Å². The van der Waals surface area contributed by atoms with Crippen LogP contribution in [-0.4, -0.2) is 6.66 Å². The van der Waals surface area contributed by atoms with E-state index in [4.69, 9.17) is 15.8 Å². The van der Waals surface area contributed by atoms with Crippen molar-refractivity contribution in [1.82, 2.24) is 0 Å². The first-order valence-corrected chi connectivity index (χ1v) is 5.84. The van der Waals surface area contributed by atoms with Gasteiger partial charge in [-0.05, 0) is 25.0 Å². The van der Waals surface area contributed by atoms with Gasteiger partial charge in [-0.1, -0.05) is 17.3 Å². The molecule has 0 bridgehead atoms. The zero-order valence-corrected chi connectivity index (χ0v) is 7.53. The highest BCUT2D eigenvalue weighted by Gasteiger charge is 2.01. The van der Waals surface area contributed by atoms with E-state index in [9.17, 15) is 0 Å². The molecule has 1 aliphatic carbocycles. The molecule has 0 aromatic carbocycles. The van der Waals surface area contributed by atoms with E-state index >= 15 is 0 Å². The highest BCUT2D eigenvalue weighted by Crippen LogP contribution is 2.41. The number of hydrogen-bond donors (Lipinski definition) is 0. The first kappa shape index (κ1) is 8.10. The van der Waals surface area contributed by atoms with Gasteiger partial charge in [-0.25, -0.2) is 0 Å². The predicted molar refractivity (Wildman–Crippen MR) is 46.2 cm³/mol. The van der Waals surface area contributed by atoms with Crippen LogP contribution in [0, 0.1) is 0 Å². The molecule has 0 saturated carbocycles. The molecule has 1 atom stereocenters. The summed E-state index contributed by atoms with van der Waals surface area (Å²) in [6, 6.07) is 0. The second-order valence-corrected chi connectivity index (χ2v) is 4.55. The number of rotatable bonds is 2. The maximum absolute atomic E-state index is 5.68. The van der Waals surface area contributed by atoms with Crippen LogP contribution in [-0.2, 0) is 4.52 Å². The highest BCUT2D eigenvalue weighted by atomic mass is 35.7. The topological polar surface area (TPSA) is 9.23 Å². The Balaban J connectivity index is 2.40. The first-order chi connectivity index (χ1) is 4.79. The van der Waals surface area contributed by atoms with Gasteiger partial charge in [-0.2, -0.15) is 0 Å². The molecule has 1 unspecified atom stereocenters. The fourth-order valence-electron chi connectivity index (χ4n) is 0.802. The van der Waals surface area contributed by atoms with E-state index < -0.39 is 7.50 Å². The molecule has 0 radical (unpaired) electrons. The molecule has 3 heteroatoms. The van der Waals surface area contributed by atoms with Gasteiger partial charge >= 0.3 is 0 Å². The van der Waals surface area contributed by atoms with Gasteiger partial charge in [0.1, 0.15) is 5.76 Å². The third-order valence-corrected chi connectivity index (χ3v) is 1.86. The Bertz CT molecular complexity index is 163. The molecular formula is C7H10ClOP. The van der Waals surface area contributed by atoms with Crippen molar-refractivity contribution in [2.45, 2.75) is 12.8 Å². The summed E-state index contributed by atoms with van der Waals surface area (Å²) in [7, 11) is -0.771. The van der Waals surface area contributed by atoms with Gasteiger partial charge in [0.25, 0.3) is 0 Å². The summed E-state index contributed by atoms with van der Waals surface area (Å²) < 4.78 is 5.30.